The number of ether oxygens (including phenoxy) is 2. The van der Waals surface area contributed by atoms with Crippen LogP contribution in [0, 0.1) is 23.0 Å². The maximum absolute atomic E-state index is 16.8. The van der Waals surface area contributed by atoms with Gasteiger partial charge in [0.05, 0.1) is 38.3 Å². The Morgan fingerprint density at radius 1 is 1.19 bits per heavy atom. The second-order valence-electron chi connectivity index (χ2n) is 12.6. The van der Waals surface area contributed by atoms with E-state index in [1.807, 2.05) is 0 Å². The predicted octanol–water partition coefficient (Wildman–Crippen LogP) is 5.30. The van der Waals surface area contributed by atoms with Crippen molar-refractivity contribution in [3.63, 3.8) is 0 Å². The number of rotatable bonds is 13. The lowest BCUT2D eigenvalue weighted by atomic mass is 9.95. The molecule has 3 aliphatic heterocycles. The van der Waals surface area contributed by atoms with E-state index in [2.05, 4.69) is 36.1 Å². The Morgan fingerprint density at radius 2 is 2.00 bits per heavy atom. The fourth-order valence-electron chi connectivity index (χ4n) is 7.29. The minimum atomic E-state index is -0.757. The van der Waals surface area contributed by atoms with Crippen molar-refractivity contribution >= 4 is 55.6 Å². The first-order chi connectivity index (χ1) is 23.3. The van der Waals surface area contributed by atoms with E-state index >= 15 is 4.39 Å². The number of amides is 1. The number of aromatic nitrogens is 3. The van der Waals surface area contributed by atoms with Gasteiger partial charge in [0.2, 0.25) is 12.3 Å². The Morgan fingerprint density at radius 3 is 2.73 bits per heavy atom. The van der Waals surface area contributed by atoms with Gasteiger partial charge in [-0.2, -0.15) is 15.2 Å². The summed E-state index contributed by atoms with van der Waals surface area (Å²) in [6, 6.07) is 6.34. The van der Waals surface area contributed by atoms with Gasteiger partial charge in [-0.25, -0.2) is 13.8 Å². The topological polar surface area (TPSA) is 143 Å². The van der Waals surface area contributed by atoms with Crippen LogP contribution in [0.3, 0.4) is 0 Å². The third kappa shape index (κ3) is 6.09. The van der Waals surface area contributed by atoms with Crippen LogP contribution in [0.25, 0.3) is 32.2 Å². The largest absolute Gasteiger partial charge is 0.474 e. The van der Waals surface area contributed by atoms with Gasteiger partial charge in [-0.05, 0) is 69.8 Å². The van der Waals surface area contributed by atoms with Crippen LogP contribution in [-0.2, 0) is 4.79 Å². The quantitative estimate of drug-likeness (QED) is 0.140. The van der Waals surface area contributed by atoms with E-state index in [-0.39, 0.29) is 65.9 Å². The molecule has 2 aromatic heterocycles. The average molecular weight is 697 g/mol. The van der Waals surface area contributed by atoms with Gasteiger partial charge in [-0.3, -0.25) is 14.6 Å². The monoisotopic (exact) mass is 696 g/mol. The molecular formula is C33H35ClF2N8O3S. The van der Waals surface area contributed by atoms with Gasteiger partial charge in [0.15, 0.2) is 10.9 Å². The summed E-state index contributed by atoms with van der Waals surface area (Å²) in [5.41, 5.74) is 6.21. The fourth-order valence-corrected chi connectivity index (χ4v) is 8.35. The van der Waals surface area contributed by atoms with Gasteiger partial charge in [0.25, 0.3) is 0 Å². The molecule has 2 atom stereocenters. The number of hydrogen-bond donors (Lipinski definition) is 2. The summed E-state index contributed by atoms with van der Waals surface area (Å²) in [5, 5.41) is 12.5. The van der Waals surface area contributed by atoms with Crippen LogP contribution in [-0.4, -0.2) is 88.2 Å². The summed E-state index contributed by atoms with van der Waals surface area (Å²) in [6.07, 6.45) is 6.14. The number of anilines is 1. The van der Waals surface area contributed by atoms with Crippen molar-refractivity contribution in [3.05, 3.63) is 34.9 Å². The molecule has 4 aromatic rings. The number of nitrogens with one attached hydrogen (secondary N) is 1. The second kappa shape index (κ2) is 13.5. The summed E-state index contributed by atoms with van der Waals surface area (Å²) in [5.74, 6) is -1.18. The van der Waals surface area contributed by atoms with Gasteiger partial charge in [-0.15, -0.1) is 0 Å². The van der Waals surface area contributed by atoms with Crippen molar-refractivity contribution in [3.8, 4) is 29.1 Å². The highest BCUT2D eigenvalue weighted by atomic mass is 35.5. The molecule has 11 nitrogen and oxygen atoms in total. The highest BCUT2D eigenvalue weighted by molar-refractivity contribution is 7.22. The molecular weight excluding hydrogens is 662 g/mol. The number of fused-ring (bicyclic) bond motifs is 3. The third-order valence-electron chi connectivity index (χ3n) is 9.88. The molecule has 0 aliphatic carbocycles. The van der Waals surface area contributed by atoms with Crippen LogP contribution >= 0.6 is 22.9 Å². The zero-order chi connectivity index (χ0) is 33.4. The van der Waals surface area contributed by atoms with Gasteiger partial charge < -0.3 is 20.5 Å². The number of nitrogens with zero attached hydrogens (tertiary/aromatic N) is 6. The SMILES string of the molecule is N#CC1CCN1CCC(CCNC=O)Oc1nc(OCC23CCCN2CCC3)nc2c(F)c(-c3ccc(F)c4sc(N)nc34)c(Cl)cc12. The lowest BCUT2D eigenvalue weighted by molar-refractivity contribution is -0.109. The van der Waals surface area contributed by atoms with E-state index in [4.69, 9.17) is 26.8 Å². The molecule has 3 fully saturated rings. The zero-order valence-corrected chi connectivity index (χ0v) is 27.8. The van der Waals surface area contributed by atoms with Gasteiger partial charge in [-0.1, -0.05) is 22.9 Å². The summed E-state index contributed by atoms with van der Waals surface area (Å²) in [4.78, 5) is 29.0. The molecule has 0 spiro atoms. The smallest absolute Gasteiger partial charge is 0.320 e. The molecule has 2 unspecified atom stereocenters. The van der Waals surface area contributed by atoms with E-state index in [9.17, 15) is 14.4 Å². The van der Waals surface area contributed by atoms with Crippen molar-refractivity contribution < 1.29 is 23.0 Å². The minimum Gasteiger partial charge on any atom is -0.474 e. The maximum atomic E-state index is 16.8. The van der Waals surface area contributed by atoms with Crippen LogP contribution in [0.15, 0.2) is 18.2 Å². The number of halogens is 3. The number of nitrogens with two attached hydrogens (primary N) is 1. The first-order valence-electron chi connectivity index (χ1n) is 16.2. The van der Waals surface area contributed by atoms with Crippen LogP contribution in [0.4, 0.5) is 13.9 Å². The Labute approximate surface area is 285 Å². The van der Waals surface area contributed by atoms with E-state index < -0.39 is 17.7 Å². The van der Waals surface area contributed by atoms with E-state index in [1.54, 1.807) is 0 Å². The number of nitriles is 1. The molecule has 0 radical (unpaired) electrons. The molecule has 3 saturated heterocycles. The number of hydrogen-bond acceptors (Lipinski definition) is 11. The molecule has 1 amide bonds. The molecule has 0 bridgehead atoms. The van der Waals surface area contributed by atoms with Crippen LogP contribution in [0.1, 0.15) is 44.9 Å². The summed E-state index contributed by atoms with van der Waals surface area (Å²) in [6.45, 7) is 4.15. The molecule has 15 heteroatoms. The average Bonchev–Trinajstić information content (AvgIpc) is 3.76. The van der Waals surface area contributed by atoms with Gasteiger partial charge in [0, 0.05) is 37.2 Å². The first-order valence-corrected chi connectivity index (χ1v) is 17.4. The second-order valence-corrected chi connectivity index (χ2v) is 14.1. The van der Waals surface area contributed by atoms with E-state index in [0.29, 0.717) is 38.9 Å². The Bertz CT molecular complexity index is 1890. The molecule has 5 heterocycles. The first kappa shape index (κ1) is 32.6. The minimum absolute atomic E-state index is 0.00140. The molecule has 7 rings (SSSR count). The lowest BCUT2D eigenvalue weighted by Gasteiger charge is -2.37. The van der Waals surface area contributed by atoms with Gasteiger partial charge >= 0.3 is 6.01 Å². The molecule has 2 aromatic carbocycles. The molecule has 0 saturated carbocycles. The number of carbonyl (C=O) groups excluding carboxylic acids is 1. The number of benzene rings is 2. The number of carbonyl (C=O) groups is 1. The van der Waals surface area contributed by atoms with Crippen molar-refractivity contribution in [1.29, 1.82) is 5.26 Å². The summed E-state index contributed by atoms with van der Waals surface area (Å²) < 4.78 is 44.4. The van der Waals surface area contributed by atoms with Crippen molar-refractivity contribution in [2.24, 2.45) is 0 Å². The fraction of sp³-hybridized carbons (Fsp3) is 0.485. The number of thiazole rings is 1. The number of likely N-dealkylation sites (tertiary alicyclic amines) is 1. The summed E-state index contributed by atoms with van der Waals surface area (Å²) >= 11 is 7.76. The Kier molecular flexibility index (Phi) is 9.21. The predicted molar refractivity (Wildman–Crippen MR) is 179 cm³/mol. The Balaban J connectivity index is 1.29. The van der Waals surface area contributed by atoms with Crippen LogP contribution < -0.4 is 20.5 Å². The maximum Gasteiger partial charge on any atom is 0.320 e. The highest BCUT2D eigenvalue weighted by Crippen LogP contribution is 2.43. The van der Waals surface area contributed by atoms with E-state index in [0.717, 1.165) is 63.1 Å². The zero-order valence-electron chi connectivity index (χ0n) is 26.2. The molecule has 3 aliphatic rings. The molecule has 48 heavy (non-hydrogen) atoms. The lowest BCUT2D eigenvalue weighted by Crippen LogP contribution is -2.48. The van der Waals surface area contributed by atoms with Crippen LogP contribution in [0.5, 0.6) is 11.9 Å². The molecule has 3 N–H and O–H groups in total. The van der Waals surface area contributed by atoms with Crippen molar-refractivity contribution in [2.75, 3.05) is 45.1 Å². The Hall–Kier alpha value is -3.90. The molecule has 252 valence electrons. The van der Waals surface area contributed by atoms with E-state index in [1.165, 1.54) is 18.2 Å². The number of nitrogen functional groups attached to an aromatic ring is 1. The van der Waals surface area contributed by atoms with Crippen molar-refractivity contribution in [1.82, 2.24) is 30.1 Å². The standard InChI is InChI=1S/C33H35ClF2N8O3S/c34-23-15-22-27(26(36)25(23)21-3-4-24(35)29-28(21)40-31(38)48-29)41-32(46-17-33-8-1-11-44(33)12-2-9-33)42-30(22)47-20(5-10-39-18-45)7-14-43-13-6-19(43)16-37/h3-4,15,18-20H,1-2,5-14,17H2,(H2,38,40)(H,39,45). The van der Waals surface area contributed by atoms with Crippen molar-refractivity contribution in [2.45, 2.75) is 62.6 Å². The summed E-state index contributed by atoms with van der Waals surface area (Å²) in [7, 11) is 0. The normalized spacial score (nSPS) is 19.6. The third-order valence-corrected chi connectivity index (χ3v) is 11.1. The van der Waals surface area contributed by atoms with Crippen LogP contribution in [0.2, 0.25) is 5.02 Å². The highest BCUT2D eigenvalue weighted by Gasteiger charge is 2.45. The van der Waals surface area contributed by atoms with Gasteiger partial charge in [0.1, 0.15) is 24.0 Å².